The summed E-state index contributed by atoms with van der Waals surface area (Å²) >= 11 is 0. The van der Waals surface area contributed by atoms with Crippen molar-refractivity contribution in [2.24, 2.45) is 0 Å². The zero-order valence-electron chi connectivity index (χ0n) is 13.2. The Morgan fingerprint density at radius 1 is 1.08 bits per heavy atom. The molecule has 0 aliphatic heterocycles. The number of carbonyl (C=O) groups excluding carboxylic acids is 2. The van der Waals surface area contributed by atoms with Gasteiger partial charge in [-0.25, -0.2) is 0 Å². The van der Waals surface area contributed by atoms with Gasteiger partial charge in [-0.05, 0) is 23.1 Å². The summed E-state index contributed by atoms with van der Waals surface area (Å²) < 4.78 is 4.72. The van der Waals surface area contributed by atoms with Crippen molar-refractivity contribution < 1.29 is 14.3 Å². The van der Waals surface area contributed by atoms with Crippen molar-refractivity contribution in [3.05, 3.63) is 71.5 Å². The van der Waals surface area contributed by atoms with E-state index in [-0.39, 0.29) is 18.2 Å². The molecular weight excluding hydrogens is 304 g/mol. The van der Waals surface area contributed by atoms with E-state index in [0.717, 1.165) is 10.9 Å². The molecule has 2 N–H and O–H groups in total. The van der Waals surface area contributed by atoms with Crippen molar-refractivity contribution in [2.45, 2.75) is 6.42 Å². The van der Waals surface area contributed by atoms with Gasteiger partial charge in [0.15, 0.2) is 0 Å². The van der Waals surface area contributed by atoms with E-state index in [1.54, 1.807) is 30.5 Å². The van der Waals surface area contributed by atoms with Crippen LogP contribution in [-0.4, -0.2) is 23.8 Å². The molecule has 0 bridgehead atoms. The lowest BCUT2D eigenvalue weighted by Gasteiger charge is -2.09. The van der Waals surface area contributed by atoms with Crippen molar-refractivity contribution in [1.82, 2.24) is 4.98 Å². The molecule has 0 aliphatic carbocycles. The van der Waals surface area contributed by atoms with Crippen molar-refractivity contribution in [1.29, 1.82) is 0 Å². The largest absolute Gasteiger partial charge is 0.469 e. The molecule has 0 amide bonds. The summed E-state index contributed by atoms with van der Waals surface area (Å²) in [5, 5.41) is 1.51. The number of hydrogen-bond acceptors (Lipinski definition) is 5. The lowest BCUT2D eigenvalue weighted by molar-refractivity contribution is -0.139. The maximum atomic E-state index is 12.8. The average Bonchev–Trinajstić information content (AvgIpc) is 2.61. The van der Waals surface area contributed by atoms with Crippen LogP contribution in [0.5, 0.6) is 0 Å². The van der Waals surface area contributed by atoms with Crippen molar-refractivity contribution in [2.75, 3.05) is 12.8 Å². The van der Waals surface area contributed by atoms with Gasteiger partial charge in [0.1, 0.15) is 5.69 Å². The number of aromatic nitrogens is 1. The maximum Gasteiger partial charge on any atom is 0.310 e. The number of anilines is 1. The van der Waals surface area contributed by atoms with E-state index in [2.05, 4.69) is 4.98 Å². The van der Waals surface area contributed by atoms with Crippen LogP contribution in [0.15, 0.2) is 54.7 Å². The highest BCUT2D eigenvalue weighted by atomic mass is 16.5. The molecule has 3 aromatic rings. The number of esters is 1. The average molecular weight is 320 g/mol. The van der Waals surface area contributed by atoms with E-state index in [9.17, 15) is 9.59 Å². The Morgan fingerprint density at radius 3 is 2.54 bits per heavy atom. The molecule has 0 atom stereocenters. The van der Waals surface area contributed by atoms with Crippen LogP contribution >= 0.6 is 0 Å². The standard InChI is InChI=1S/C19H16N2O3/c1-24-17(22)10-13-11-21-18(16-8-3-2-7-15(13)16)19(23)12-5-4-6-14(20)9-12/h2-9,11H,10,20H2,1H3. The minimum atomic E-state index is -0.350. The van der Waals surface area contributed by atoms with E-state index in [4.69, 9.17) is 10.5 Å². The van der Waals surface area contributed by atoms with Gasteiger partial charge in [-0.15, -0.1) is 0 Å². The summed E-state index contributed by atoms with van der Waals surface area (Å²) in [5.41, 5.74) is 7.82. The lowest BCUT2D eigenvalue weighted by atomic mass is 9.98. The van der Waals surface area contributed by atoms with Crippen LogP contribution in [-0.2, 0) is 16.0 Å². The highest BCUT2D eigenvalue weighted by Gasteiger charge is 2.17. The van der Waals surface area contributed by atoms with Crippen LogP contribution in [0.1, 0.15) is 21.6 Å². The molecule has 5 heteroatoms. The third kappa shape index (κ3) is 2.96. The fourth-order valence-corrected chi connectivity index (χ4v) is 2.62. The smallest absolute Gasteiger partial charge is 0.310 e. The molecule has 24 heavy (non-hydrogen) atoms. The third-order valence-electron chi connectivity index (χ3n) is 3.80. The molecule has 0 fully saturated rings. The summed E-state index contributed by atoms with van der Waals surface area (Å²) in [6, 6.07) is 14.2. The maximum absolute atomic E-state index is 12.8. The molecule has 2 aromatic carbocycles. The highest BCUT2D eigenvalue weighted by Crippen LogP contribution is 2.24. The molecule has 0 saturated carbocycles. The fourth-order valence-electron chi connectivity index (χ4n) is 2.62. The summed E-state index contributed by atoms with van der Waals surface area (Å²) in [6.07, 6.45) is 1.66. The minimum absolute atomic E-state index is 0.108. The quantitative estimate of drug-likeness (QED) is 0.454. The van der Waals surface area contributed by atoms with Gasteiger partial charge in [-0.1, -0.05) is 36.4 Å². The van der Waals surface area contributed by atoms with Gasteiger partial charge >= 0.3 is 5.97 Å². The first-order valence-corrected chi connectivity index (χ1v) is 7.44. The Balaban J connectivity index is 2.11. The van der Waals surface area contributed by atoms with E-state index < -0.39 is 0 Å². The first kappa shape index (κ1) is 15.7. The Hall–Kier alpha value is -3.21. The van der Waals surface area contributed by atoms with Crippen LogP contribution in [0.2, 0.25) is 0 Å². The first-order valence-electron chi connectivity index (χ1n) is 7.44. The normalized spacial score (nSPS) is 10.5. The predicted octanol–water partition coefficient (Wildman–Crippen LogP) is 2.76. The predicted molar refractivity (Wildman–Crippen MR) is 91.7 cm³/mol. The number of hydrogen-bond donors (Lipinski definition) is 1. The van der Waals surface area contributed by atoms with Crippen LogP contribution < -0.4 is 5.73 Å². The number of nitrogens with two attached hydrogens (primary N) is 1. The Morgan fingerprint density at radius 2 is 1.83 bits per heavy atom. The number of carbonyl (C=O) groups is 2. The topological polar surface area (TPSA) is 82.3 Å². The molecule has 1 aromatic heterocycles. The molecule has 0 unspecified atom stereocenters. The Kier molecular flexibility index (Phi) is 4.24. The number of methoxy groups -OCH3 is 1. The summed E-state index contributed by atoms with van der Waals surface area (Å²) in [7, 11) is 1.34. The summed E-state index contributed by atoms with van der Waals surface area (Å²) in [6.45, 7) is 0. The number of ketones is 1. The Bertz CT molecular complexity index is 935. The second-order valence-corrected chi connectivity index (χ2v) is 5.39. The number of rotatable bonds is 4. The van der Waals surface area contributed by atoms with E-state index in [0.29, 0.717) is 22.3 Å². The second kappa shape index (κ2) is 6.50. The van der Waals surface area contributed by atoms with E-state index >= 15 is 0 Å². The highest BCUT2D eigenvalue weighted by molar-refractivity contribution is 6.15. The van der Waals surface area contributed by atoms with Crippen LogP contribution in [0, 0.1) is 0 Å². The number of benzene rings is 2. The van der Waals surface area contributed by atoms with Crippen molar-refractivity contribution in [3.63, 3.8) is 0 Å². The van der Waals surface area contributed by atoms with Gasteiger partial charge in [0.25, 0.3) is 0 Å². The number of ether oxygens (including phenoxy) is 1. The minimum Gasteiger partial charge on any atom is -0.469 e. The van der Waals surface area contributed by atoms with E-state index in [1.165, 1.54) is 7.11 Å². The fraction of sp³-hybridized carbons (Fsp3) is 0.105. The summed E-state index contributed by atoms with van der Waals surface area (Å²) in [5.74, 6) is -0.556. The van der Waals surface area contributed by atoms with Gasteiger partial charge in [0.2, 0.25) is 5.78 Å². The van der Waals surface area contributed by atoms with Gasteiger partial charge < -0.3 is 10.5 Å². The number of pyridine rings is 1. The molecule has 3 rings (SSSR count). The molecule has 0 saturated heterocycles. The molecule has 1 heterocycles. The number of nitrogen functional groups attached to an aromatic ring is 1. The lowest BCUT2D eigenvalue weighted by Crippen LogP contribution is -2.09. The molecule has 0 spiro atoms. The molecule has 0 radical (unpaired) electrons. The SMILES string of the molecule is COC(=O)Cc1cnc(C(=O)c2cccc(N)c2)c2ccccc12. The zero-order valence-corrected chi connectivity index (χ0v) is 13.2. The summed E-state index contributed by atoms with van der Waals surface area (Å²) in [4.78, 5) is 28.7. The monoisotopic (exact) mass is 320 g/mol. The van der Waals surface area contributed by atoms with Crippen LogP contribution in [0.3, 0.4) is 0 Å². The second-order valence-electron chi connectivity index (χ2n) is 5.39. The van der Waals surface area contributed by atoms with Crippen LogP contribution in [0.25, 0.3) is 10.8 Å². The number of fused-ring (bicyclic) bond motifs is 1. The third-order valence-corrected chi connectivity index (χ3v) is 3.80. The van der Waals surface area contributed by atoms with Crippen molar-refractivity contribution >= 4 is 28.2 Å². The molecule has 5 nitrogen and oxygen atoms in total. The van der Waals surface area contributed by atoms with Gasteiger partial charge in [-0.2, -0.15) is 0 Å². The van der Waals surface area contributed by atoms with Crippen LogP contribution in [0.4, 0.5) is 5.69 Å². The van der Waals surface area contributed by atoms with E-state index in [1.807, 2.05) is 24.3 Å². The molecule has 120 valence electrons. The van der Waals surface area contributed by atoms with Gasteiger partial charge in [-0.3, -0.25) is 14.6 Å². The van der Waals surface area contributed by atoms with Crippen molar-refractivity contribution in [3.8, 4) is 0 Å². The first-order chi connectivity index (χ1) is 11.6. The Labute approximate surface area is 139 Å². The zero-order chi connectivity index (χ0) is 17.1. The molecular formula is C19H16N2O3. The van der Waals surface area contributed by atoms with Gasteiger partial charge in [0.05, 0.1) is 13.5 Å². The number of nitrogens with zero attached hydrogens (tertiary/aromatic N) is 1. The molecule has 0 aliphatic rings. The van der Waals surface area contributed by atoms with Gasteiger partial charge in [0, 0.05) is 22.8 Å².